The fraction of sp³-hybridized carbons (Fsp3) is 0. The van der Waals surface area contributed by atoms with Gasteiger partial charge in [-0.3, -0.25) is 9.59 Å². The Hall–Kier alpha value is -4.38. The number of amides is 2. The van der Waals surface area contributed by atoms with E-state index in [0.717, 1.165) is 32.9 Å². The molecule has 0 fully saturated rings. The van der Waals surface area contributed by atoms with Crippen LogP contribution in [-0.4, -0.2) is 21.8 Å². The Labute approximate surface area is 177 Å². The lowest BCUT2D eigenvalue weighted by molar-refractivity contribution is -0.119. The standard InChI is InChI=1S/C26H17N3O2/c30-25-23(19-14-27-21-12-6-4-10-17(19)21)24(20-15-28-22-13-7-5-11-18(20)22)26(31)29(25)16-8-2-1-3-9-16/h1-15,27-28H. The number of nitrogens with one attached hydrogen (secondary N) is 2. The summed E-state index contributed by atoms with van der Waals surface area (Å²) in [5.74, 6) is -0.637. The van der Waals surface area contributed by atoms with Crippen LogP contribution in [0, 0.1) is 0 Å². The molecule has 0 saturated carbocycles. The molecule has 0 aliphatic carbocycles. The molecule has 1 aliphatic rings. The average molecular weight is 403 g/mol. The van der Waals surface area contributed by atoms with Crippen molar-refractivity contribution >= 4 is 50.5 Å². The zero-order chi connectivity index (χ0) is 20.9. The summed E-state index contributed by atoms with van der Waals surface area (Å²) in [6.07, 6.45) is 3.63. The predicted molar refractivity (Wildman–Crippen MR) is 122 cm³/mol. The number of hydrogen-bond acceptors (Lipinski definition) is 2. The van der Waals surface area contributed by atoms with Gasteiger partial charge in [-0.25, -0.2) is 4.90 Å². The lowest BCUT2D eigenvalue weighted by Crippen LogP contribution is -2.31. The minimum atomic E-state index is -0.318. The van der Waals surface area contributed by atoms with Crippen molar-refractivity contribution < 1.29 is 9.59 Å². The summed E-state index contributed by atoms with van der Waals surface area (Å²) in [6.45, 7) is 0. The van der Waals surface area contributed by atoms with Crippen LogP contribution < -0.4 is 4.90 Å². The summed E-state index contributed by atoms with van der Waals surface area (Å²) in [5.41, 5.74) is 4.68. The number of anilines is 1. The first-order valence-corrected chi connectivity index (χ1v) is 10.0. The number of aromatic amines is 2. The van der Waals surface area contributed by atoms with Crippen LogP contribution in [0.15, 0.2) is 91.3 Å². The Balaban J connectivity index is 1.66. The van der Waals surface area contributed by atoms with Crippen LogP contribution in [0.2, 0.25) is 0 Å². The Morgan fingerprint density at radius 1 is 0.548 bits per heavy atom. The fourth-order valence-corrected chi connectivity index (χ4v) is 4.40. The van der Waals surface area contributed by atoms with E-state index in [1.165, 1.54) is 4.90 Å². The number of rotatable bonds is 3. The molecule has 148 valence electrons. The highest BCUT2D eigenvalue weighted by atomic mass is 16.2. The molecule has 0 saturated heterocycles. The molecule has 2 aromatic heterocycles. The van der Waals surface area contributed by atoms with Crippen LogP contribution >= 0.6 is 0 Å². The van der Waals surface area contributed by atoms with E-state index >= 15 is 0 Å². The number of H-pyrrole nitrogens is 2. The van der Waals surface area contributed by atoms with Gasteiger partial charge in [0.1, 0.15) is 0 Å². The van der Waals surface area contributed by atoms with Gasteiger partial charge in [0.05, 0.1) is 16.8 Å². The first kappa shape index (κ1) is 17.5. The highest BCUT2D eigenvalue weighted by Crippen LogP contribution is 2.42. The second-order valence-corrected chi connectivity index (χ2v) is 7.53. The van der Waals surface area contributed by atoms with Crippen molar-refractivity contribution in [2.75, 3.05) is 4.90 Å². The monoisotopic (exact) mass is 403 g/mol. The second kappa shape index (κ2) is 6.57. The fourth-order valence-electron chi connectivity index (χ4n) is 4.40. The number of para-hydroxylation sites is 3. The second-order valence-electron chi connectivity index (χ2n) is 7.53. The number of carbonyl (C=O) groups excluding carboxylic acids is 2. The zero-order valence-electron chi connectivity index (χ0n) is 16.4. The topological polar surface area (TPSA) is 69.0 Å². The maximum atomic E-state index is 13.7. The molecule has 1 aliphatic heterocycles. The molecule has 0 spiro atoms. The average Bonchev–Trinajstić information content (AvgIpc) is 3.48. The maximum absolute atomic E-state index is 13.7. The van der Waals surface area contributed by atoms with Gasteiger partial charge in [0.2, 0.25) is 0 Å². The quantitative estimate of drug-likeness (QED) is 0.410. The van der Waals surface area contributed by atoms with Gasteiger partial charge in [-0.2, -0.15) is 0 Å². The van der Waals surface area contributed by atoms with Gasteiger partial charge in [-0.05, 0) is 24.3 Å². The van der Waals surface area contributed by atoms with Crippen molar-refractivity contribution in [3.63, 3.8) is 0 Å². The molecule has 0 unspecified atom stereocenters. The number of imide groups is 1. The molecule has 5 aromatic rings. The lowest BCUT2D eigenvalue weighted by Gasteiger charge is -2.15. The molecular formula is C26H17N3O2. The molecule has 2 amide bonds. The third kappa shape index (κ3) is 2.50. The number of fused-ring (bicyclic) bond motifs is 2. The zero-order valence-corrected chi connectivity index (χ0v) is 16.4. The molecule has 3 aromatic carbocycles. The molecule has 31 heavy (non-hydrogen) atoms. The van der Waals surface area contributed by atoms with Gasteiger partial charge < -0.3 is 9.97 Å². The third-order valence-corrected chi connectivity index (χ3v) is 5.82. The Kier molecular flexibility index (Phi) is 3.70. The van der Waals surface area contributed by atoms with Crippen LogP contribution in [0.25, 0.3) is 33.0 Å². The smallest absolute Gasteiger partial charge is 0.266 e. The first-order valence-electron chi connectivity index (χ1n) is 10.0. The normalized spacial score (nSPS) is 14.4. The summed E-state index contributed by atoms with van der Waals surface area (Å²) in [6, 6.07) is 24.7. The van der Waals surface area contributed by atoms with Crippen molar-refractivity contribution in [3.8, 4) is 0 Å². The van der Waals surface area contributed by atoms with Gasteiger partial charge in [-0.15, -0.1) is 0 Å². The molecule has 0 atom stereocenters. The SMILES string of the molecule is O=C1C(c2c[nH]c3ccccc23)=C(c2c[nH]c3ccccc23)C(=O)N1c1ccccc1. The number of hydrogen-bond donors (Lipinski definition) is 2. The molecule has 3 heterocycles. The molecule has 5 nitrogen and oxygen atoms in total. The van der Waals surface area contributed by atoms with E-state index in [2.05, 4.69) is 9.97 Å². The van der Waals surface area contributed by atoms with E-state index in [-0.39, 0.29) is 11.8 Å². The molecule has 2 N–H and O–H groups in total. The van der Waals surface area contributed by atoms with Crippen molar-refractivity contribution in [2.24, 2.45) is 0 Å². The predicted octanol–water partition coefficient (Wildman–Crippen LogP) is 5.13. The van der Waals surface area contributed by atoms with E-state index in [1.807, 2.05) is 79.1 Å². The molecule has 0 radical (unpaired) electrons. The van der Waals surface area contributed by atoms with Crippen molar-refractivity contribution in [2.45, 2.75) is 0 Å². The van der Waals surface area contributed by atoms with Crippen molar-refractivity contribution in [3.05, 3.63) is 102 Å². The van der Waals surface area contributed by atoms with Crippen LogP contribution in [-0.2, 0) is 9.59 Å². The summed E-state index contributed by atoms with van der Waals surface area (Å²) in [5, 5.41) is 1.82. The minimum Gasteiger partial charge on any atom is -0.361 e. The molecule has 5 heteroatoms. The minimum absolute atomic E-state index is 0.318. The highest BCUT2D eigenvalue weighted by Gasteiger charge is 2.41. The number of aromatic nitrogens is 2. The highest BCUT2D eigenvalue weighted by molar-refractivity contribution is 6.58. The van der Waals surface area contributed by atoms with E-state index < -0.39 is 0 Å². The number of nitrogens with zero attached hydrogens (tertiary/aromatic N) is 1. The summed E-state index contributed by atoms with van der Waals surface area (Å²) < 4.78 is 0. The van der Waals surface area contributed by atoms with Crippen molar-refractivity contribution in [1.82, 2.24) is 9.97 Å². The lowest BCUT2D eigenvalue weighted by atomic mass is 9.95. The van der Waals surface area contributed by atoms with Crippen LogP contribution in [0.4, 0.5) is 5.69 Å². The number of benzene rings is 3. The van der Waals surface area contributed by atoms with E-state index in [0.29, 0.717) is 16.8 Å². The largest absolute Gasteiger partial charge is 0.361 e. The van der Waals surface area contributed by atoms with Gasteiger partial charge >= 0.3 is 0 Å². The van der Waals surface area contributed by atoms with Gasteiger partial charge in [0.15, 0.2) is 0 Å². The van der Waals surface area contributed by atoms with Crippen LogP contribution in [0.3, 0.4) is 0 Å². The van der Waals surface area contributed by atoms with Crippen molar-refractivity contribution in [1.29, 1.82) is 0 Å². The van der Waals surface area contributed by atoms with Gasteiger partial charge in [-0.1, -0.05) is 54.6 Å². The summed E-state index contributed by atoms with van der Waals surface area (Å²) in [7, 11) is 0. The van der Waals surface area contributed by atoms with E-state index in [4.69, 9.17) is 0 Å². The summed E-state index contributed by atoms with van der Waals surface area (Å²) in [4.78, 5) is 35.2. The Morgan fingerprint density at radius 2 is 1.00 bits per heavy atom. The van der Waals surface area contributed by atoms with Crippen LogP contribution in [0.5, 0.6) is 0 Å². The Morgan fingerprint density at radius 3 is 1.52 bits per heavy atom. The third-order valence-electron chi connectivity index (χ3n) is 5.82. The van der Waals surface area contributed by atoms with E-state index in [1.54, 1.807) is 12.1 Å². The maximum Gasteiger partial charge on any atom is 0.266 e. The van der Waals surface area contributed by atoms with Gasteiger partial charge in [0, 0.05) is 45.3 Å². The summed E-state index contributed by atoms with van der Waals surface area (Å²) >= 11 is 0. The van der Waals surface area contributed by atoms with Gasteiger partial charge in [0.25, 0.3) is 11.8 Å². The first-order chi connectivity index (χ1) is 15.2. The molecule has 0 bridgehead atoms. The molecular weight excluding hydrogens is 386 g/mol. The Bertz CT molecular complexity index is 1430. The van der Waals surface area contributed by atoms with Crippen LogP contribution in [0.1, 0.15) is 11.1 Å². The molecule has 6 rings (SSSR count). The number of carbonyl (C=O) groups is 2. The van der Waals surface area contributed by atoms with E-state index in [9.17, 15) is 9.59 Å².